The molecule has 0 spiro atoms. The van der Waals surface area contributed by atoms with Gasteiger partial charge in [-0.05, 0) is 30.3 Å². The highest BCUT2D eigenvalue weighted by atomic mass is 16.7. The quantitative estimate of drug-likeness (QED) is 0.285. The summed E-state index contributed by atoms with van der Waals surface area (Å²) in [6, 6.07) is 16.8. The van der Waals surface area contributed by atoms with Crippen molar-refractivity contribution in [3.05, 3.63) is 89.9 Å². The maximum absolute atomic E-state index is 13.3. The number of hydrogen-bond acceptors (Lipinski definition) is 6. The molecule has 0 bridgehead atoms. The predicted molar refractivity (Wildman–Crippen MR) is 120 cm³/mol. The summed E-state index contributed by atoms with van der Waals surface area (Å²) in [5.74, 6) is -0.768. The van der Waals surface area contributed by atoms with Gasteiger partial charge in [0.05, 0.1) is 11.3 Å². The lowest BCUT2D eigenvalue weighted by Gasteiger charge is -2.24. The Morgan fingerprint density at radius 1 is 1.03 bits per heavy atom. The standard InChI is InChI=1S/C25H17N3O5/c29-23(16-12-27-17-6-2-1-5-15(16)17)21-22(18-7-3-4-10-26-18)28(25(31)24(21)30)14-8-9-19-20(11-14)33-13-32-19/h1-12,22,27,29H,13H2/b23-21-. The molecule has 162 valence electrons. The molecule has 2 aliphatic heterocycles. The van der Waals surface area contributed by atoms with Crippen LogP contribution in [0.25, 0.3) is 16.7 Å². The van der Waals surface area contributed by atoms with Gasteiger partial charge in [-0.1, -0.05) is 24.3 Å². The zero-order valence-corrected chi connectivity index (χ0v) is 17.2. The van der Waals surface area contributed by atoms with Crippen molar-refractivity contribution >= 4 is 34.0 Å². The van der Waals surface area contributed by atoms with Gasteiger partial charge in [0.15, 0.2) is 11.5 Å². The maximum Gasteiger partial charge on any atom is 0.300 e. The predicted octanol–water partition coefficient (Wildman–Crippen LogP) is 3.92. The van der Waals surface area contributed by atoms with Crippen LogP contribution >= 0.6 is 0 Å². The second-order valence-corrected chi connectivity index (χ2v) is 7.71. The molecule has 0 aliphatic carbocycles. The van der Waals surface area contributed by atoms with Gasteiger partial charge in [-0.25, -0.2) is 0 Å². The molecule has 0 saturated carbocycles. The Morgan fingerprint density at radius 2 is 1.85 bits per heavy atom. The van der Waals surface area contributed by atoms with Crippen molar-refractivity contribution in [1.82, 2.24) is 9.97 Å². The number of Topliss-reactive ketones (excluding diaryl/α,β-unsaturated/α-hetero) is 1. The molecule has 2 aromatic carbocycles. The number of carbonyl (C=O) groups excluding carboxylic acids is 2. The van der Waals surface area contributed by atoms with E-state index in [1.807, 2.05) is 24.3 Å². The second kappa shape index (κ2) is 7.23. The molecule has 8 nitrogen and oxygen atoms in total. The SMILES string of the molecule is O=C1C(=O)N(c2ccc3c(c2)OCO3)C(c2ccccn2)/C1=C(/O)c1c[nH]c2ccccc12. The fourth-order valence-electron chi connectivity index (χ4n) is 4.36. The first-order chi connectivity index (χ1) is 16.1. The van der Waals surface area contributed by atoms with Gasteiger partial charge >= 0.3 is 0 Å². The number of H-pyrrole nitrogens is 1. The monoisotopic (exact) mass is 439 g/mol. The van der Waals surface area contributed by atoms with Crippen molar-refractivity contribution in [3.63, 3.8) is 0 Å². The third kappa shape index (κ3) is 2.88. The van der Waals surface area contributed by atoms with E-state index in [0.29, 0.717) is 28.4 Å². The van der Waals surface area contributed by atoms with E-state index in [1.165, 1.54) is 4.90 Å². The van der Waals surface area contributed by atoms with E-state index in [1.54, 1.807) is 48.8 Å². The fraction of sp³-hybridized carbons (Fsp3) is 0.0800. The van der Waals surface area contributed by atoms with Crippen LogP contribution in [0.5, 0.6) is 11.5 Å². The lowest BCUT2D eigenvalue weighted by Crippen LogP contribution is -2.29. The van der Waals surface area contributed by atoms with Crippen LogP contribution in [0.15, 0.2) is 78.6 Å². The third-order valence-corrected chi connectivity index (χ3v) is 5.89. The molecular weight excluding hydrogens is 422 g/mol. The van der Waals surface area contributed by atoms with Crippen LogP contribution in [0.3, 0.4) is 0 Å². The number of benzene rings is 2. The summed E-state index contributed by atoms with van der Waals surface area (Å²) < 4.78 is 10.8. The van der Waals surface area contributed by atoms with Crippen molar-refractivity contribution in [2.24, 2.45) is 0 Å². The van der Waals surface area contributed by atoms with Gasteiger partial charge in [0.1, 0.15) is 11.8 Å². The van der Waals surface area contributed by atoms with E-state index in [0.717, 1.165) is 10.9 Å². The first-order valence-corrected chi connectivity index (χ1v) is 10.3. The highest BCUT2D eigenvalue weighted by Crippen LogP contribution is 2.44. The summed E-state index contributed by atoms with van der Waals surface area (Å²) in [5.41, 5.74) is 2.11. The number of aliphatic hydroxyl groups is 1. The number of nitrogens with one attached hydrogen (secondary N) is 1. The Labute approximate surface area is 187 Å². The minimum absolute atomic E-state index is 0.0267. The van der Waals surface area contributed by atoms with Crippen molar-refractivity contribution in [2.75, 3.05) is 11.7 Å². The molecule has 8 heteroatoms. The summed E-state index contributed by atoms with van der Waals surface area (Å²) in [4.78, 5) is 35.4. The molecule has 1 unspecified atom stereocenters. The number of ketones is 1. The van der Waals surface area contributed by atoms with E-state index in [4.69, 9.17) is 9.47 Å². The summed E-state index contributed by atoms with van der Waals surface area (Å²) >= 11 is 0. The summed E-state index contributed by atoms with van der Waals surface area (Å²) in [6.45, 7) is 0.0852. The summed E-state index contributed by atoms with van der Waals surface area (Å²) in [5, 5.41) is 12.1. The van der Waals surface area contributed by atoms with Crippen molar-refractivity contribution in [2.45, 2.75) is 6.04 Å². The third-order valence-electron chi connectivity index (χ3n) is 5.89. The zero-order chi connectivity index (χ0) is 22.5. The largest absolute Gasteiger partial charge is 0.507 e. The molecular formula is C25H17N3O5. The lowest BCUT2D eigenvalue weighted by atomic mass is 9.98. The van der Waals surface area contributed by atoms with E-state index in [-0.39, 0.29) is 18.1 Å². The van der Waals surface area contributed by atoms with Gasteiger partial charge < -0.3 is 19.6 Å². The fourth-order valence-corrected chi connectivity index (χ4v) is 4.36. The molecule has 2 aromatic heterocycles. The van der Waals surface area contributed by atoms with Crippen molar-refractivity contribution in [1.29, 1.82) is 0 Å². The van der Waals surface area contributed by atoms with Crippen molar-refractivity contribution < 1.29 is 24.2 Å². The Kier molecular flexibility index (Phi) is 4.19. The van der Waals surface area contributed by atoms with Crippen LogP contribution in [0.1, 0.15) is 17.3 Å². The minimum atomic E-state index is -0.916. The van der Waals surface area contributed by atoms with Crippen LogP contribution in [0, 0.1) is 0 Å². The van der Waals surface area contributed by atoms with Gasteiger partial charge in [-0.15, -0.1) is 0 Å². The van der Waals surface area contributed by atoms with E-state index < -0.39 is 17.7 Å². The Morgan fingerprint density at radius 3 is 2.70 bits per heavy atom. The van der Waals surface area contributed by atoms with Crippen LogP contribution in [-0.4, -0.2) is 33.6 Å². The number of para-hydroxylation sites is 1. The number of fused-ring (bicyclic) bond motifs is 2. The number of hydrogen-bond donors (Lipinski definition) is 2. The minimum Gasteiger partial charge on any atom is -0.507 e. The number of rotatable bonds is 3. The molecule has 2 N–H and O–H groups in total. The zero-order valence-electron chi connectivity index (χ0n) is 17.2. The number of aromatic nitrogens is 2. The van der Waals surface area contributed by atoms with Crippen molar-refractivity contribution in [3.8, 4) is 11.5 Å². The van der Waals surface area contributed by atoms with Gasteiger partial charge in [-0.2, -0.15) is 0 Å². The number of pyridine rings is 1. The Balaban J connectivity index is 1.57. The van der Waals surface area contributed by atoms with Crippen LogP contribution < -0.4 is 14.4 Å². The first kappa shape index (κ1) is 19.1. The Bertz CT molecular complexity index is 1460. The molecule has 1 fully saturated rings. The molecule has 4 heterocycles. The highest BCUT2D eigenvalue weighted by molar-refractivity contribution is 6.51. The van der Waals surface area contributed by atoms with Crippen LogP contribution in [0.4, 0.5) is 5.69 Å². The number of aliphatic hydroxyl groups excluding tert-OH is 1. The number of ether oxygens (including phenoxy) is 2. The number of amides is 1. The highest BCUT2D eigenvalue weighted by Gasteiger charge is 2.48. The van der Waals surface area contributed by atoms with Gasteiger partial charge in [0.25, 0.3) is 11.7 Å². The van der Waals surface area contributed by atoms with Crippen LogP contribution in [0.2, 0.25) is 0 Å². The van der Waals surface area contributed by atoms with Crippen LogP contribution in [-0.2, 0) is 9.59 Å². The van der Waals surface area contributed by atoms with Gasteiger partial charge in [-0.3, -0.25) is 19.5 Å². The van der Waals surface area contributed by atoms with E-state index in [2.05, 4.69) is 9.97 Å². The smallest absolute Gasteiger partial charge is 0.300 e. The Hall–Kier alpha value is -4.59. The number of anilines is 1. The molecule has 1 atom stereocenters. The lowest BCUT2D eigenvalue weighted by molar-refractivity contribution is -0.132. The second-order valence-electron chi connectivity index (χ2n) is 7.71. The molecule has 1 amide bonds. The topological polar surface area (TPSA) is 105 Å². The average Bonchev–Trinajstić information content (AvgIpc) is 3.55. The molecule has 6 rings (SSSR count). The molecule has 33 heavy (non-hydrogen) atoms. The maximum atomic E-state index is 13.3. The number of carbonyl (C=O) groups is 2. The molecule has 2 aliphatic rings. The van der Waals surface area contributed by atoms with E-state index >= 15 is 0 Å². The van der Waals surface area contributed by atoms with Gasteiger partial charge in [0.2, 0.25) is 6.79 Å². The molecule has 4 aromatic rings. The van der Waals surface area contributed by atoms with E-state index in [9.17, 15) is 14.7 Å². The summed E-state index contributed by atoms with van der Waals surface area (Å²) in [6.07, 6.45) is 3.21. The normalized spacial score (nSPS) is 18.9. The number of nitrogens with zero attached hydrogens (tertiary/aromatic N) is 2. The summed E-state index contributed by atoms with van der Waals surface area (Å²) in [7, 11) is 0. The number of aromatic amines is 1. The first-order valence-electron chi connectivity index (χ1n) is 10.3. The average molecular weight is 439 g/mol. The van der Waals surface area contributed by atoms with Gasteiger partial charge in [0, 0.05) is 40.6 Å². The molecule has 1 saturated heterocycles. The molecule has 0 radical (unpaired) electrons.